The number of hydrogen-bond acceptors (Lipinski definition) is 3. The molecule has 7 heteroatoms. The monoisotopic (exact) mass is 268 g/mol. The molecule has 1 aromatic rings. The van der Waals surface area contributed by atoms with Gasteiger partial charge in [-0.2, -0.15) is 5.10 Å². The van der Waals surface area contributed by atoms with E-state index in [0.29, 0.717) is 24.2 Å². The van der Waals surface area contributed by atoms with Crippen molar-refractivity contribution in [2.75, 3.05) is 5.32 Å². The van der Waals surface area contributed by atoms with Crippen molar-refractivity contribution in [1.82, 2.24) is 15.1 Å². The van der Waals surface area contributed by atoms with Crippen LogP contribution < -0.4 is 10.6 Å². The molecule has 1 heterocycles. The first-order valence-electron chi connectivity index (χ1n) is 6.11. The molecule has 106 valence electrons. The van der Waals surface area contributed by atoms with Crippen molar-refractivity contribution in [1.29, 1.82) is 0 Å². The van der Waals surface area contributed by atoms with Gasteiger partial charge in [-0.1, -0.05) is 13.3 Å². The molecule has 7 nitrogen and oxygen atoms in total. The Kier molecular flexibility index (Phi) is 4.52. The topological polar surface area (TPSA) is 96.3 Å². The number of urea groups is 1. The molecule has 1 rings (SSSR count). The van der Waals surface area contributed by atoms with Crippen LogP contribution in [0.2, 0.25) is 0 Å². The van der Waals surface area contributed by atoms with Crippen LogP contribution in [0.3, 0.4) is 0 Å². The third-order valence-electron chi connectivity index (χ3n) is 2.87. The van der Waals surface area contributed by atoms with Crippen molar-refractivity contribution in [3.05, 3.63) is 11.9 Å². The number of carboxylic acid groups (broad SMARTS) is 1. The van der Waals surface area contributed by atoms with Gasteiger partial charge in [0.15, 0.2) is 0 Å². The van der Waals surface area contributed by atoms with Crippen molar-refractivity contribution in [2.45, 2.75) is 39.2 Å². The zero-order chi connectivity index (χ0) is 14.6. The lowest BCUT2D eigenvalue weighted by Gasteiger charge is -2.25. The van der Waals surface area contributed by atoms with E-state index in [0.717, 1.165) is 0 Å². The Bertz CT molecular complexity index is 483. The third-order valence-corrected chi connectivity index (χ3v) is 2.87. The molecule has 0 fully saturated rings. The molecular formula is C12H20N4O3. The molecule has 0 radical (unpaired) electrons. The lowest BCUT2D eigenvalue weighted by Crippen LogP contribution is -2.53. The number of nitrogens with zero attached hydrogens (tertiary/aromatic N) is 2. The van der Waals surface area contributed by atoms with E-state index in [1.165, 1.54) is 6.92 Å². The van der Waals surface area contributed by atoms with Crippen LogP contribution in [0.1, 0.15) is 32.4 Å². The number of aliphatic carboxylic acids is 1. The average Bonchev–Trinajstić information content (AvgIpc) is 2.57. The molecule has 0 bridgehead atoms. The van der Waals surface area contributed by atoms with E-state index in [1.807, 2.05) is 6.92 Å². The van der Waals surface area contributed by atoms with E-state index in [-0.39, 0.29) is 0 Å². The average molecular weight is 268 g/mol. The van der Waals surface area contributed by atoms with Gasteiger partial charge in [0.25, 0.3) is 0 Å². The summed E-state index contributed by atoms with van der Waals surface area (Å²) in [5, 5.41) is 18.4. The smallest absolute Gasteiger partial charge is 0.329 e. The standard InChI is InChI=1S/C12H20N4O3/c1-5-6-12(3,10(17)18)14-11(19)13-9-7-16(4)15-8(9)2/h7H,5-6H2,1-4H3,(H,17,18)(H2,13,14,19). The Morgan fingerprint density at radius 2 is 2.16 bits per heavy atom. The van der Waals surface area contributed by atoms with E-state index < -0.39 is 17.5 Å². The van der Waals surface area contributed by atoms with Gasteiger partial charge in [-0.05, 0) is 20.3 Å². The minimum Gasteiger partial charge on any atom is -0.480 e. The number of rotatable bonds is 5. The van der Waals surface area contributed by atoms with Gasteiger partial charge in [-0.3, -0.25) is 4.68 Å². The predicted octanol–water partition coefficient (Wildman–Crippen LogP) is 1.49. The molecule has 0 saturated heterocycles. The second-order valence-corrected chi connectivity index (χ2v) is 4.77. The van der Waals surface area contributed by atoms with Gasteiger partial charge < -0.3 is 15.7 Å². The van der Waals surface area contributed by atoms with Crippen LogP contribution in [0.15, 0.2) is 6.20 Å². The number of hydrogen-bond donors (Lipinski definition) is 3. The highest BCUT2D eigenvalue weighted by molar-refractivity contribution is 5.94. The molecule has 1 unspecified atom stereocenters. The van der Waals surface area contributed by atoms with Crippen molar-refractivity contribution >= 4 is 17.7 Å². The second-order valence-electron chi connectivity index (χ2n) is 4.77. The number of amides is 2. The quantitative estimate of drug-likeness (QED) is 0.753. The lowest BCUT2D eigenvalue weighted by atomic mass is 9.97. The molecule has 19 heavy (non-hydrogen) atoms. The molecule has 3 N–H and O–H groups in total. The van der Waals surface area contributed by atoms with Gasteiger partial charge in [0.1, 0.15) is 5.54 Å². The van der Waals surface area contributed by atoms with E-state index in [1.54, 1.807) is 24.9 Å². The third kappa shape index (κ3) is 3.70. The first-order valence-corrected chi connectivity index (χ1v) is 6.11. The molecule has 0 saturated carbocycles. The number of carbonyl (C=O) groups is 2. The van der Waals surface area contributed by atoms with Crippen LogP contribution in [0, 0.1) is 6.92 Å². The molecule has 0 aliphatic carbocycles. The molecule has 1 aromatic heterocycles. The highest BCUT2D eigenvalue weighted by Crippen LogP contribution is 2.15. The summed E-state index contributed by atoms with van der Waals surface area (Å²) in [6, 6.07) is -0.547. The maximum atomic E-state index is 11.8. The molecule has 2 amide bonds. The maximum absolute atomic E-state index is 11.8. The van der Waals surface area contributed by atoms with Crippen molar-refractivity contribution in [3.63, 3.8) is 0 Å². The summed E-state index contributed by atoms with van der Waals surface area (Å²) in [5.74, 6) is -1.05. The van der Waals surface area contributed by atoms with E-state index >= 15 is 0 Å². The molecular weight excluding hydrogens is 248 g/mol. The molecule has 0 spiro atoms. The van der Waals surface area contributed by atoms with Crippen LogP contribution in [-0.2, 0) is 11.8 Å². The molecule has 1 atom stereocenters. The zero-order valence-electron chi connectivity index (χ0n) is 11.6. The summed E-state index contributed by atoms with van der Waals surface area (Å²) in [4.78, 5) is 23.1. The number of nitrogens with one attached hydrogen (secondary N) is 2. The molecule has 0 aliphatic heterocycles. The summed E-state index contributed by atoms with van der Waals surface area (Å²) in [6.45, 7) is 5.12. The van der Waals surface area contributed by atoms with Crippen LogP contribution in [0.5, 0.6) is 0 Å². The Morgan fingerprint density at radius 3 is 2.58 bits per heavy atom. The Hall–Kier alpha value is -2.05. The van der Waals surface area contributed by atoms with Gasteiger partial charge in [0, 0.05) is 13.2 Å². The van der Waals surface area contributed by atoms with Crippen molar-refractivity contribution < 1.29 is 14.7 Å². The lowest BCUT2D eigenvalue weighted by molar-refractivity contribution is -0.143. The van der Waals surface area contributed by atoms with Gasteiger partial charge in [-0.15, -0.1) is 0 Å². The van der Waals surface area contributed by atoms with Crippen molar-refractivity contribution in [3.8, 4) is 0 Å². The van der Waals surface area contributed by atoms with Gasteiger partial charge in [0.2, 0.25) is 0 Å². The number of aryl methyl sites for hydroxylation is 2. The summed E-state index contributed by atoms with van der Waals surface area (Å²) in [7, 11) is 1.74. The predicted molar refractivity (Wildman–Crippen MR) is 71.0 cm³/mol. The molecule has 0 aliphatic rings. The Balaban J connectivity index is 2.73. The summed E-state index contributed by atoms with van der Waals surface area (Å²) in [6.07, 6.45) is 2.68. The zero-order valence-corrected chi connectivity index (χ0v) is 11.6. The summed E-state index contributed by atoms with van der Waals surface area (Å²) in [5.41, 5.74) is -0.0380. The fraction of sp³-hybridized carbons (Fsp3) is 0.583. The van der Waals surface area contributed by atoms with Gasteiger partial charge in [-0.25, -0.2) is 9.59 Å². The van der Waals surface area contributed by atoms with Crippen LogP contribution in [0.4, 0.5) is 10.5 Å². The van der Waals surface area contributed by atoms with Gasteiger partial charge >= 0.3 is 12.0 Å². The number of carbonyl (C=O) groups excluding carboxylic acids is 1. The number of anilines is 1. The fourth-order valence-electron chi connectivity index (χ4n) is 1.85. The Labute approximate surface area is 112 Å². The Morgan fingerprint density at radius 1 is 1.53 bits per heavy atom. The highest BCUT2D eigenvalue weighted by atomic mass is 16.4. The SMILES string of the molecule is CCCC(C)(NC(=O)Nc1cn(C)nc1C)C(=O)O. The molecule has 0 aromatic carbocycles. The van der Waals surface area contributed by atoms with E-state index in [4.69, 9.17) is 0 Å². The summed E-state index contributed by atoms with van der Waals surface area (Å²) >= 11 is 0. The first kappa shape index (κ1) is 15.0. The summed E-state index contributed by atoms with van der Waals surface area (Å²) < 4.78 is 1.58. The normalized spacial score (nSPS) is 13.7. The highest BCUT2D eigenvalue weighted by Gasteiger charge is 2.33. The number of aromatic nitrogens is 2. The largest absolute Gasteiger partial charge is 0.480 e. The minimum atomic E-state index is -1.27. The van der Waals surface area contributed by atoms with Crippen LogP contribution in [0.25, 0.3) is 0 Å². The second kappa shape index (κ2) is 5.73. The number of carboxylic acids is 1. The van der Waals surface area contributed by atoms with Gasteiger partial charge in [0.05, 0.1) is 11.4 Å². The van der Waals surface area contributed by atoms with E-state index in [9.17, 15) is 14.7 Å². The van der Waals surface area contributed by atoms with Crippen LogP contribution in [-0.4, -0.2) is 32.4 Å². The van der Waals surface area contributed by atoms with Crippen molar-refractivity contribution in [2.24, 2.45) is 7.05 Å². The fourth-order valence-corrected chi connectivity index (χ4v) is 1.85. The van der Waals surface area contributed by atoms with Crippen LogP contribution >= 0.6 is 0 Å². The maximum Gasteiger partial charge on any atom is 0.329 e. The first-order chi connectivity index (χ1) is 8.78. The minimum absolute atomic E-state index is 0.363. The van der Waals surface area contributed by atoms with E-state index in [2.05, 4.69) is 15.7 Å².